The second-order valence-corrected chi connectivity index (χ2v) is 16.7. The monoisotopic (exact) mass is 724 g/mol. The minimum Gasteiger partial charge on any atom is -0.0796 e. The molecule has 0 heteroatoms. The Balaban J connectivity index is 1.20. The molecule has 2 unspecified atom stereocenters. The van der Waals surface area contributed by atoms with Gasteiger partial charge in [0.15, 0.2) is 0 Å². The van der Waals surface area contributed by atoms with E-state index < -0.39 is 0 Å². The molecule has 12 rings (SSSR count). The van der Waals surface area contributed by atoms with Crippen LogP contribution in [0.1, 0.15) is 30.9 Å². The maximum atomic E-state index is 2.58. The summed E-state index contributed by atoms with van der Waals surface area (Å²) in [6.07, 6.45) is 9.38. The van der Waals surface area contributed by atoms with Crippen LogP contribution < -0.4 is 0 Å². The van der Waals surface area contributed by atoms with E-state index in [1.54, 1.807) is 0 Å². The minimum absolute atomic E-state index is 0.0151. The first kappa shape index (κ1) is 32.5. The largest absolute Gasteiger partial charge is 0.0796 e. The molecular formula is C57H40. The summed E-state index contributed by atoms with van der Waals surface area (Å²) in [6.45, 7) is 4.91. The fraction of sp³-hybridized carbons (Fsp3) is 0.0877. The van der Waals surface area contributed by atoms with E-state index >= 15 is 0 Å². The Morgan fingerprint density at radius 1 is 0.351 bits per heavy atom. The molecule has 0 N–H and O–H groups in total. The Labute approximate surface area is 333 Å². The Kier molecular flexibility index (Phi) is 6.91. The van der Waals surface area contributed by atoms with Crippen LogP contribution in [0.2, 0.25) is 0 Å². The lowest BCUT2D eigenvalue weighted by Crippen LogP contribution is -2.24. The van der Waals surface area contributed by atoms with Crippen molar-refractivity contribution in [2.75, 3.05) is 0 Å². The fourth-order valence-electron chi connectivity index (χ4n) is 10.9. The number of hydrogen-bond acceptors (Lipinski definition) is 0. The summed E-state index contributed by atoms with van der Waals surface area (Å²) in [7, 11) is 0. The third-order valence-corrected chi connectivity index (χ3v) is 13.5. The first-order chi connectivity index (χ1) is 28.1. The molecule has 0 aliphatic heterocycles. The van der Waals surface area contributed by atoms with Crippen LogP contribution in [0, 0.1) is 5.92 Å². The van der Waals surface area contributed by atoms with Gasteiger partial charge in [0.2, 0.25) is 0 Å². The van der Waals surface area contributed by atoms with Crippen LogP contribution in [0.15, 0.2) is 194 Å². The van der Waals surface area contributed by atoms with Crippen LogP contribution in [0.3, 0.4) is 0 Å². The van der Waals surface area contributed by atoms with Gasteiger partial charge in [-0.25, -0.2) is 0 Å². The van der Waals surface area contributed by atoms with Crippen molar-refractivity contribution in [2.24, 2.45) is 5.92 Å². The molecule has 268 valence electrons. The van der Waals surface area contributed by atoms with Crippen molar-refractivity contribution in [3.8, 4) is 33.4 Å². The molecule has 0 heterocycles. The molecule has 0 bridgehead atoms. The zero-order valence-corrected chi connectivity index (χ0v) is 32.1. The van der Waals surface area contributed by atoms with Crippen LogP contribution in [-0.2, 0) is 5.41 Å². The summed E-state index contributed by atoms with van der Waals surface area (Å²) in [5, 5.41) is 15.6. The highest BCUT2D eigenvalue weighted by Gasteiger charge is 2.45. The normalized spacial score (nSPS) is 16.9. The van der Waals surface area contributed by atoms with E-state index in [1.807, 2.05) is 0 Å². The van der Waals surface area contributed by atoms with E-state index in [9.17, 15) is 0 Å². The first-order valence-electron chi connectivity index (χ1n) is 20.4. The van der Waals surface area contributed by atoms with Gasteiger partial charge in [0.1, 0.15) is 0 Å². The van der Waals surface area contributed by atoms with Gasteiger partial charge in [0.25, 0.3) is 0 Å². The quantitative estimate of drug-likeness (QED) is 0.126. The summed E-state index contributed by atoms with van der Waals surface area (Å²) in [5.41, 5.74) is 10.6. The summed E-state index contributed by atoms with van der Waals surface area (Å²) in [6, 6.07) is 64.0. The van der Waals surface area contributed by atoms with E-state index in [1.165, 1.54) is 109 Å². The maximum absolute atomic E-state index is 2.58. The predicted molar refractivity (Wildman–Crippen MR) is 245 cm³/mol. The molecule has 2 atom stereocenters. The van der Waals surface area contributed by atoms with Gasteiger partial charge >= 0.3 is 0 Å². The van der Waals surface area contributed by atoms with Gasteiger partial charge in [-0.15, -0.1) is 0 Å². The molecule has 10 aromatic carbocycles. The Morgan fingerprint density at radius 2 is 0.825 bits per heavy atom. The molecule has 10 aromatic rings. The zero-order valence-electron chi connectivity index (χ0n) is 32.1. The van der Waals surface area contributed by atoms with Gasteiger partial charge in [0, 0.05) is 5.92 Å². The zero-order chi connectivity index (χ0) is 37.8. The number of rotatable bonds is 3. The molecule has 0 saturated carbocycles. The minimum atomic E-state index is -0.0151. The topological polar surface area (TPSA) is 0 Å². The van der Waals surface area contributed by atoms with Crippen LogP contribution >= 0.6 is 0 Å². The number of fused-ring (bicyclic) bond motifs is 13. The van der Waals surface area contributed by atoms with E-state index in [4.69, 9.17) is 0 Å². The third-order valence-electron chi connectivity index (χ3n) is 13.5. The van der Waals surface area contributed by atoms with Crippen molar-refractivity contribution in [3.63, 3.8) is 0 Å². The predicted octanol–water partition coefficient (Wildman–Crippen LogP) is 15.7. The van der Waals surface area contributed by atoms with Gasteiger partial charge in [-0.2, -0.15) is 0 Å². The lowest BCUT2D eigenvalue weighted by Gasteiger charge is -2.29. The molecule has 0 aromatic heterocycles. The molecule has 2 aliphatic carbocycles. The van der Waals surface area contributed by atoms with E-state index in [-0.39, 0.29) is 5.41 Å². The molecular weight excluding hydrogens is 685 g/mol. The van der Waals surface area contributed by atoms with Gasteiger partial charge in [0.05, 0.1) is 0 Å². The lowest BCUT2D eigenvalue weighted by atomic mass is 9.74. The molecule has 0 amide bonds. The summed E-state index contributed by atoms with van der Waals surface area (Å²) < 4.78 is 0. The highest BCUT2D eigenvalue weighted by Crippen LogP contribution is 2.57. The van der Waals surface area contributed by atoms with E-state index in [0.29, 0.717) is 11.8 Å². The number of benzene rings is 10. The van der Waals surface area contributed by atoms with Crippen molar-refractivity contribution in [1.29, 1.82) is 0 Å². The number of allylic oxidation sites excluding steroid dienone is 4. The van der Waals surface area contributed by atoms with Crippen molar-refractivity contribution in [3.05, 3.63) is 205 Å². The Morgan fingerprint density at radius 3 is 1.49 bits per heavy atom. The Hall–Kier alpha value is -6.76. The van der Waals surface area contributed by atoms with Gasteiger partial charge < -0.3 is 0 Å². The third kappa shape index (κ3) is 4.62. The highest BCUT2D eigenvalue weighted by atomic mass is 14.5. The van der Waals surface area contributed by atoms with Crippen molar-refractivity contribution in [2.45, 2.75) is 25.2 Å². The summed E-state index contributed by atoms with van der Waals surface area (Å²) in [5.74, 6) is 0.804. The SMILES string of the molecule is CC1(C)c2cc(-c3c4ccccc4c(-c4ccccc4)c4ccc(-c5ccc6c7ccccc7c7ccccc7c6c5)cc34)c3ccccc3c2C2C=CC=CC21. The van der Waals surface area contributed by atoms with Gasteiger partial charge in [-0.1, -0.05) is 190 Å². The summed E-state index contributed by atoms with van der Waals surface area (Å²) in [4.78, 5) is 0. The molecule has 57 heavy (non-hydrogen) atoms. The fourth-order valence-corrected chi connectivity index (χ4v) is 10.9. The average molecular weight is 725 g/mol. The molecule has 0 radical (unpaired) electrons. The van der Waals surface area contributed by atoms with Crippen LogP contribution in [0.4, 0.5) is 0 Å². The lowest BCUT2D eigenvalue weighted by molar-refractivity contribution is 0.394. The maximum Gasteiger partial charge on any atom is 0.0101 e. The molecule has 0 fully saturated rings. The molecule has 0 saturated heterocycles. The number of hydrogen-bond donors (Lipinski definition) is 0. The second-order valence-electron chi connectivity index (χ2n) is 16.7. The highest BCUT2D eigenvalue weighted by molar-refractivity contribution is 6.27. The van der Waals surface area contributed by atoms with Crippen LogP contribution in [0.25, 0.3) is 98.0 Å². The van der Waals surface area contributed by atoms with Crippen molar-refractivity contribution in [1.82, 2.24) is 0 Å². The van der Waals surface area contributed by atoms with Crippen LogP contribution in [-0.4, -0.2) is 0 Å². The summed E-state index contributed by atoms with van der Waals surface area (Å²) >= 11 is 0. The standard InChI is InChI=1S/C57H40/c1-57(2)52-27-15-14-26-48(52)56-44-23-11-10-22-42(44)51(34-53(56)57)55-46-25-13-12-24-45(46)54(35-16-4-3-5-17-35)47-31-29-37(33-50(47)55)36-28-30-43-40-20-7-6-18-38(40)39-19-8-9-21-41(39)49(43)32-36/h3-34,48,52H,1-2H3. The molecule has 0 nitrogen and oxygen atoms in total. The second kappa shape index (κ2) is 12.1. The molecule has 0 spiro atoms. The first-order valence-corrected chi connectivity index (χ1v) is 20.4. The van der Waals surface area contributed by atoms with Gasteiger partial charge in [-0.05, 0) is 139 Å². The van der Waals surface area contributed by atoms with E-state index in [0.717, 1.165) is 0 Å². The van der Waals surface area contributed by atoms with Gasteiger partial charge in [-0.3, -0.25) is 0 Å². The van der Waals surface area contributed by atoms with Crippen molar-refractivity contribution < 1.29 is 0 Å². The average Bonchev–Trinajstić information content (AvgIpc) is 3.51. The van der Waals surface area contributed by atoms with Crippen molar-refractivity contribution >= 4 is 64.6 Å². The van der Waals surface area contributed by atoms with Crippen LogP contribution in [0.5, 0.6) is 0 Å². The van der Waals surface area contributed by atoms with E-state index in [2.05, 4.69) is 208 Å². The Bertz CT molecular complexity index is 3340. The molecule has 2 aliphatic rings. The smallest absolute Gasteiger partial charge is 0.0101 e.